The number of carboxylic acids is 2. The Morgan fingerprint density at radius 3 is 2.38 bits per heavy atom. The van der Waals surface area contributed by atoms with Crippen molar-refractivity contribution in [2.75, 3.05) is 5.75 Å². The molecule has 1 aromatic carbocycles. The largest absolute Gasteiger partial charge is 0.481 e. The molecule has 1 aromatic rings. The summed E-state index contributed by atoms with van der Waals surface area (Å²) in [6.45, 7) is 1.96. The zero-order valence-electron chi connectivity index (χ0n) is 11.7. The molecular formula is C15H19NO4S. The van der Waals surface area contributed by atoms with E-state index in [4.69, 9.17) is 10.8 Å². The Morgan fingerprint density at radius 1 is 1.24 bits per heavy atom. The Labute approximate surface area is 127 Å². The van der Waals surface area contributed by atoms with Crippen LogP contribution in [0.4, 0.5) is 0 Å². The van der Waals surface area contributed by atoms with Gasteiger partial charge in [-0.05, 0) is 24.0 Å². The average Bonchev–Trinajstić information content (AvgIpc) is 3.20. The van der Waals surface area contributed by atoms with Gasteiger partial charge in [0.1, 0.15) is 6.04 Å². The van der Waals surface area contributed by atoms with Gasteiger partial charge in [-0.2, -0.15) is 0 Å². The third kappa shape index (κ3) is 3.57. The molecule has 0 bridgehead atoms. The second-order valence-electron chi connectivity index (χ2n) is 5.48. The van der Waals surface area contributed by atoms with E-state index in [1.807, 2.05) is 37.3 Å². The first-order valence-electron chi connectivity index (χ1n) is 6.82. The number of carbonyl (C=O) groups is 2. The van der Waals surface area contributed by atoms with Crippen molar-refractivity contribution in [3.05, 3.63) is 30.3 Å². The molecule has 21 heavy (non-hydrogen) atoms. The normalized spacial score (nSPS) is 26.9. The smallest absolute Gasteiger partial charge is 0.320 e. The topological polar surface area (TPSA) is 101 Å². The van der Waals surface area contributed by atoms with Crippen LogP contribution in [0.2, 0.25) is 0 Å². The van der Waals surface area contributed by atoms with Gasteiger partial charge in [-0.15, -0.1) is 11.8 Å². The fraction of sp³-hybridized carbons (Fsp3) is 0.467. The predicted molar refractivity (Wildman–Crippen MR) is 80.0 cm³/mol. The summed E-state index contributed by atoms with van der Waals surface area (Å²) in [5, 5.41) is 18.2. The van der Waals surface area contributed by atoms with Crippen LogP contribution >= 0.6 is 11.8 Å². The molecular weight excluding hydrogens is 290 g/mol. The molecule has 1 saturated carbocycles. The van der Waals surface area contributed by atoms with Crippen LogP contribution in [0.15, 0.2) is 35.2 Å². The third-order valence-electron chi connectivity index (χ3n) is 4.03. The van der Waals surface area contributed by atoms with Crippen LogP contribution in [-0.2, 0) is 9.59 Å². The SMILES string of the molecule is C[C@H](CSc1ccccc1)[C@H]1[C@H](C(=O)O)[C@H]1[C@H](N)C(=O)O. The van der Waals surface area contributed by atoms with Crippen molar-refractivity contribution in [3.8, 4) is 0 Å². The average molecular weight is 309 g/mol. The maximum absolute atomic E-state index is 11.2. The lowest BCUT2D eigenvalue weighted by Crippen LogP contribution is -2.34. The van der Waals surface area contributed by atoms with Crippen LogP contribution < -0.4 is 5.73 Å². The van der Waals surface area contributed by atoms with Gasteiger partial charge >= 0.3 is 11.9 Å². The van der Waals surface area contributed by atoms with Gasteiger partial charge in [0.25, 0.3) is 0 Å². The standard InChI is InChI=1S/C15H19NO4S/c1-8(7-21-9-5-3-2-4-6-9)10-11(12(10)14(17)18)13(16)15(19)20/h2-6,8,10-13H,7,16H2,1H3,(H,17,18)(H,19,20)/t8-,10-,11+,12+,13+/m1/s1. The zero-order valence-corrected chi connectivity index (χ0v) is 12.5. The summed E-state index contributed by atoms with van der Waals surface area (Å²) in [5.74, 6) is -2.48. The quantitative estimate of drug-likeness (QED) is 0.664. The highest BCUT2D eigenvalue weighted by atomic mass is 32.2. The van der Waals surface area contributed by atoms with E-state index >= 15 is 0 Å². The number of nitrogens with two attached hydrogens (primary N) is 1. The van der Waals surface area contributed by atoms with Gasteiger partial charge < -0.3 is 15.9 Å². The summed E-state index contributed by atoms with van der Waals surface area (Å²) in [6.07, 6.45) is 0. The van der Waals surface area contributed by atoms with E-state index in [-0.39, 0.29) is 11.8 Å². The Balaban J connectivity index is 1.96. The summed E-state index contributed by atoms with van der Waals surface area (Å²) in [4.78, 5) is 23.3. The summed E-state index contributed by atoms with van der Waals surface area (Å²) < 4.78 is 0. The van der Waals surface area contributed by atoms with E-state index in [2.05, 4.69) is 0 Å². The van der Waals surface area contributed by atoms with Crippen molar-refractivity contribution < 1.29 is 19.8 Å². The summed E-state index contributed by atoms with van der Waals surface area (Å²) in [7, 11) is 0. The van der Waals surface area contributed by atoms with Crippen LogP contribution in [-0.4, -0.2) is 33.9 Å². The van der Waals surface area contributed by atoms with E-state index in [1.165, 1.54) is 0 Å². The molecule has 5 atom stereocenters. The van der Waals surface area contributed by atoms with Crippen LogP contribution in [0.5, 0.6) is 0 Å². The van der Waals surface area contributed by atoms with Gasteiger partial charge in [0.05, 0.1) is 5.92 Å². The highest BCUT2D eigenvalue weighted by molar-refractivity contribution is 7.99. The number of thioether (sulfide) groups is 1. The van der Waals surface area contributed by atoms with Gasteiger partial charge in [-0.1, -0.05) is 25.1 Å². The second-order valence-corrected chi connectivity index (χ2v) is 6.58. The molecule has 0 aliphatic heterocycles. The third-order valence-corrected chi connectivity index (χ3v) is 5.33. The lowest BCUT2D eigenvalue weighted by Gasteiger charge is -2.12. The maximum Gasteiger partial charge on any atom is 0.320 e. The Bertz CT molecular complexity index is 522. The predicted octanol–water partition coefficient (Wildman–Crippen LogP) is 1.77. The first-order valence-corrected chi connectivity index (χ1v) is 7.81. The molecule has 0 heterocycles. The Kier molecular flexibility index (Phi) is 4.90. The summed E-state index contributed by atoms with van der Waals surface area (Å²) >= 11 is 1.65. The molecule has 0 unspecified atom stereocenters. The molecule has 0 aromatic heterocycles. The number of carboxylic acid groups (broad SMARTS) is 2. The van der Waals surface area contributed by atoms with Gasteiger partial charge in [0.15, 0.2) is 0 Å². The molecule has 2 rings (SSSR count). The van der Waals surface area contributed by atoms with E-state index in [0.717, 1.165) is 10.6 Å². The molecule has 1 aliphatic carbocycles. The first kappa shape index (κ1) is 15.9. The van der Waals surface area contributed by atoms with Crippen LogP contribution in [0.3, 0.4) is 0 Å². The fourth-order valence-electron chi connectivity index (χ4n) is 2.90. The number of hydrogen-bond acceptors (Lipinski definition) is 4. The van der Waals surface area contributed by atoms with E-state index < -0.39 is 29.8 Å². The van der Waals surface area contributed by atoms with Crippen molar-refractivity contribution in [1.29, 1.82) is 0 Å². The summed E-state index contributed by atoms with van der Waals surface area (Å²) in [5.41, 5.74) is 5.62. The van der Waals surface area contributed by atoms with Crippen molar-refractivity contribution in [2.45, 2.75) is 17.9 Å². The van der Waals surface area contributed by atoms with Crippen molar-refractivity contribution in [2.24, 2.45) is 29.4 Å². The molecule has 0 saturated heterocycles. The molecule has 4 N–H and O–H groups in total. The molecule has 0 spiro atoms. The van der Waals surface area contributed by atoms with Gasteiger partial charge in [0.2, 0.25) is 0 Å². The molecule has 0 amide bonds. The molecule has 5 nitrogen and oxygen atoms in total. The lowest BCUT2D eigenvalue weighted by molar-refractivity contribution is -0.140. The van der Waals surface area contributed by atoms with Gasteiger partial charge in [-0.3, -0.25) is 9.59 Å². The Hall–Kier alpha value is -1.53. The van der Waals surface area contributed by atoms with Crippen LogP contribution in [0.25, 0.3) is 0 Å². The highest BCUT2D eigenvalue weighted by Gasteiger charge is 2.61. The zero-order chi connectivity index (χ0) is 15.6. The minimum atomic E-state index is -1.13. The van der Waals surface area contributed by atoms with Crippen molar-refractivity contribution in [3.63, 3.8) is 0 Å². The van der Waals surface area contributed by atoms with Crippen molar-refractivity contribution >= 4 is 23.7 Å². The molecule has 6 heteroatoms. The Morgan fingerprint density at radius 2 is 1.86 bits per heavy atom. The minimum Gasteiger partial charge on any atom is -0.481 e. The fourth-order valence-corrected chi connectivity index (χ4v) is 3.93. The monoisotopic (exact) mass is 309 g/mol. The molecule has 114 valence electrons. The van der Waals surface area contributed by atoms with E-state index in [9.17, 15) is 14.7 Å². The highest BCUT2D eigenvalue weighted by Crippen LogP contribution is 2.53. The number of hydrogen-bond donors (Lipinski definition) is 3. The number of rotatable bonds is 7. The first-order chi connectivity index (χ1) is 9.93. The number of aliphatic carboxylic acids is 2. The van der Waals surface area contributed by atoms with Crippen LogP contribution in [0.1, 0.15) is 6.92 Å². The minimum absolute atomic E-state index is 0.103. The van der Waals surface area contributed by atoms with Gasteiger partial charge in [-0.25, -0.2) is 0 Å². The molecule has 0 radical (unpaired) electrons. The second kappa shape index (κ2) is 6.49. The van der Waals surface area contributed by atoms with E-state index in [1.54, 1.807) is 11.8 Å². The molecule has 1 fully saturated rings. The van der Waals surface area contributed by atoms with Crippen LogP contribution in [0, 0.1) is 23.7 Å². The van der Waals surface area contributed by atoms with E-state index in [0.29, 0.717) is 0 Å². The lowest BCUT2D eigenvalue weighted by atomic mass is 10.0. The van der Waals surface area contributed by atoms with Gasteiger partial charge in [0, 0.05) is 16.6 Å². The number of benzene rings is 1. The van der Waals surface area contributed by atoms with Crippen molar-refractivity contribution in [1.82, 2.24) is 0 Å². The molecule has 1 aliphatic rings. The maximum atomic E-state index is 11.2. The summed E-state index contributed by atoms with van der Waals surface area (Å²) in [6, 6.07) is 8.75.